The maximum atomic E-state index is 3.14. The highest BCUT2D eigenvalue weighted by atomic mass is 13.8. The van der Waals surface area contributed by atoms with Gasteiger partial charge in [-0.25, -0.2) is 0 Å². The Labute approximate surface area is 80.0 Å². The minimum Gasteiger partial charge on any atom is -0.0801 e. The highest BCUT2D eigenvalue weighted by Crippen LogP contribution is 1.90. The summed E-state index contributed by atoms with van der Waals surface area (Å²) in [5.41, 5.74) is 0. The zero-order valence-corrected chi connectivity index (χ0v) is 7.56. The van der Waals surface area contributed by atoms with Gasteiger partial charge in [-0.3, -0.25) is 0 Å². The molecule has 0 saturated carbocycles. The lowest BCUT2D eigenvalue weighted by molar-refractivity contribution is 1.34. The van der Waals surface area contributed by atoms with E-state index in [4.69, 9.17) is 0 Å². The second-order valence-corrected chi connectivity index (χ2v) is 2.54. The number of hydrogen-bond donors (Lipinski definition) is 0. The van der Waals surface area contributed by atoms with Crippen molar-refractivity contribution in [2.45, 2.75) is 6.42 Å². The molecule has 0 amide bonds. The van der Waals surface area contributed by atoms with Crippen LogP contribution in [0.5, 0.6) is 0 Å². The molecule has 0 aromatic rings. The van der Waals surface area contributed by atoms with Crippen molar-refractivity contribution in [3.63, 3.8) is 0 Å². The molecule has 0 aliphatic heterocycles. The van der Waals surface area contributed by atoms with Crippen molar-refractivity contribution in [3.8, 4) is 0 Å². The van der Waals surface area contributed by atoms with E-state index >= 15 is 0 Å². The lowest BCUT2D eigenvalue weighted by Gasteiger charge is -1.76. The van der Waals surface area contributed by atoms with E-state index < -0.39 is 0 Å². The molecule has 0 fully saturated rings. The third kappa shape index (κ3) is 5.68. The molecular weight excluding hydrogens is 156 g/mol. The average molecular weight is 169 g/mol. The summed E-state index contributed by atoms with van der Waals surface area (Å²) in [7, 11) is 0. The predicted molar refractivity (Wildman–Crippen MR) is 58.1 cm³/mol. The Morgan fingerprint density at radius 1 is 0.615 bits per heavy atom. The Hall–Kier alpha value is -1.56. The molecule has 1 aliphatic rings. The van der Waals surface area contributed by atoms with E-state index in [0.29, 0.717) is 0 Å². The van der Waals surface area contributed by atoms with E-state index in [0.717, 1.165) is 6.42 Å². The highest BCUT2D eigenvalue weighted by molar-refractivity contribution is 5.19. The van der Waals surface area contributed by atoms with Crippen LogP contribution in [0.15, 0.2) is 66.8 Å². The van der Waals surface area contributed by atoms with Gasteiger partial charge in [-0.2, -0.15) is 0 Å². The van der Waals surface area contributed by atoms with Crippen LogP contribution in [0.25, 0.3) is 0 Å². The maximum Gasteiger partial charge on any atom is -0.00915 e. The maximum absolute atomic E-state index is 3.14. The topological polar surface area (TPSA) is 0 Å². The van der Waals surface area contributed by atoms with Gasteiger partial charge >= 0.3 is 0 Å². The second kappa shape index (κ2) is 7.11. The molecule has 0 aromatic carbocycles. The fourth-order valence-electron chi connectivity index (χ4n) is 0.855. The van der Waals surface area contributed by atoms with Gasteiger partial charge in [-0.05, 0) is 12.5 Å². The van der Waals surface area contributed by atoms with Crippen LogP contribution in [0.3, 0.4) is 0 Å². The fraction of sp³-hybridized carbons (Fsp3) is 0.0769. The van der Waals surface area contributed by atoms with E-state index in [1.165, 1.54) is 0 Å². The van der Waals surface area contributed by atoms with E-state index in [-0.39, 0.29) is 0 Å². The number of hydrogen-bond acceptors (Lipinski definition) is 0. The van der Waals surface area contributed by atoms with Crippen molar-refractivity contribution >= 4 is 0 Å². The Bertz CT molecular complexity index is 253. The summed E-state index contributed by atoms with van der Waals surface area (Å²) in [6.45, 7) is 0. The van der Waals surface area contributed by atoms with Crippen LogP contribution in [-0.4, -0.2) is 0 Å². The summed E-state index contributed by atoms with van der Waals surface area (Å²) in [6, 6.07) is 0. The molecule has 0 saturated heterocycles. The first-order chi connectivity index (χ1) is 6.50. The third-order valence-corrected chi connectivity index (χ3v) is 1.47. The summed E-state index contributed by atoms with van der Waals surface area (Å²) in [5.74, 6) is 0. The molecular formula is C13H13. The Balaban J connectivity index is 2.62. The van der Waals surface area contributed by atoms with Crippen LogP contribution >= 0.6 is 0 Å². The standard InChI is InChI=1S/C13H13/c1-2-4-6-8-10-12-13-11-9-7-5-3-1/h1-11H,12H2. The van der Waals surface area contributed by atoms with Crippen molar-refractivity contribution < 1.29 is 0 Å². The van der Waals surface area contributed by atoms with Crippen molar-refractivity contribution in [2.24, 2.45) is 0 Å². The molecule has 0 unspecified atom stereocenters. The zero-order chi connectivity index (χ0) is 9.19. The Morgan fingerprint density at radius 3 is 1.85 bits per heavy atom. The predicted octanol–water partition coefficient (Wildman–Crippen LogP) is 3.53. The zero-order valence-electron chi connectivity index (χ0n) is 7.56. The van der Waals surface area contributed by atoms with Gasteiger partial charge in [0.25, 0.3) is 0 Å². The lowest BCUT2D eigenvalue weighted by Crippen LogP contribution is -1.57. The molecule has 1 radical (unpaired) electrons. The molecule has 65 valence electrons. The molecule has 0 bridgehead atoms. The largest absolute Gasteiger partial charge is 0.0801 e. The van der Waals surface area contributed by atoms with Gasteiger partial charge < -0.3 is 0 Å². The minimum atomic E-state index is 0.863. The molecule has 0 aromatic heterocycles. The van der Waals surface area contributed by atoms with Crippen LogP contribution in [0.2, 0.25) is 0 Å². The summed E-state index contributed by atoms with van der Waals surface area (Å²) in [5, 5.41) is 0. The van der Waals surface area contributed by atoms with Crippen molar-refractivity contribution in [1.82, 2.24) is 0 Å². The first kappa shape index (κ1) is 9.53. The molecule has 0 heteroatoms. The van der Waals surface area contributed by atoms with Gasteiger partial charge in [-0.1, -0.05) is 66.8 Å². The third-order valence-electron chi connectivity index (χ3n) is 1.47. The number of rotatable bonds is 0. The summed E-state index contributed by atoms with van der Waals surface area (Å²) in [6.07, 6.45) is 26.0. The van der Waals surface area contributed by atoms with Gasteiger partial charge in [0.05, 0.1) is 0 Å². The van der Waals surface area contributed by atoms with Crippen molar-refractivity contribution in [3.05, 3.63) is 72.9 Å². The fourth-order valence-corrected chi connectivity index (χ4v) is 0.855. The van der Waals surface area contributed by atoms with Gasteiger partial charge in [0.15, 0.2) is 0 Å². The Morgan fingerprint density at radius 2 is 1.15 bits per heavy atom. The van der Waals surface area contributed by atoms with Gasteiger partial charge in [0.2, 0.25) is 0 Å². The monoisotopic (exact) mass is 169 g/mol. The first-order valence-electron chi connectivity index (χ1n) is 4.38. The van der Waals surface area contributed by atoms with Gasteiger partial charge in [-0.15, -0.1) is 0 Å². The molecule has 0 N–H and O–H groups in total. The molecule has 13 heavy (non-hydrogen) atoms. The Kier molecular flexibility index (Phi) is 5.21. The second-order valence-electron chi connectivity index (χ2n) is 2.54. The summed E-state index contributed by atoms with van der Waals surface area (Å²) >= 11 is 0. The quantitative estimate of drug-likeness (QED) is 0.520. The molecule has 0 nitrogen and oxygen atoms in total. The van der Waals surface area contributed by atoms with E-state index in [1.54, 1.807) is 0 Å². The van der Waals surface area contributed by atoms with E-state index in [2.05, 4.69) is 12.2 Å². The van der Waals surface area contributed by atoms with Crippen LogP contribution in [0.1, 0.15) is 6.42 Å². The first-order valence-corrected chi connectivity index (χ1v) is 4.38. The number of allylic oxidation sites excluding steroid dienone is 12. The van der Waals surface area contributed by atoms with Crippen LogP contribution in [0.4, 0.5) is 0 Å². The summed E-state index contributed by atoms with van der Waals surface area (Å²) in [4.78, 5) is 0. The molecule has 1 aliphatic carbocycles. The van der Waals surface area contributed by atoms with Crippen LogP contribution < -0.4 is 0 Å². The van der Waals surface area contributed by atoms with Gasteiger partial charge in [0.1, 0.15) is 0 Å². The normalized spacial score (nSPS) is 16.6. The SMILES string of the molecule is [C]1=CC=CC=CC=CC=CC=CC1. The molecule has 0 spiro atoms. The smallest absolute Gasteiger partial charge is 0.00915 e. The summed E-state index contributed by atoms with van der Waals surface area (Å²) < 4.78 is 0. The molecule has 1 rings (SSSR count). The van der Waals surface area contributed by atoms with Crippen LogP contribution in [0, 0.1) is 6.08 Å². The van der Waals surface area contributed by atoms with Crippen molar-refractivity contribution in [2.75, 3.05) is 0 Å². The van der Waals surface area contributed by atoms with E-state index in [9.17, 15) is 0 Å². The highest BCUT2D eigenvalue weighted by Gasteiger charge is 1.70. The van der Waals surface area contributed by atoms with Gasteiger partial charge in [0, 0.05) is 0 Å². The van der Waals surface area contributed by atoms with Crippen molar-refractivity contribution in [1.29, 1.82) is 0 Å². The minimum absolute atomic E-state index is 0.863. The lowest BCUT2D eigenvalue weighted by atomic mass is 10.3. The average Bonchev–Trinajstić information content (AvgIpc) is 2.18. The molecule has 0 atom stereocenters. The van der Waals surface area contributed by atoms with E-state index in [1.807, 2.05) is 60.8 Å². The van der Waals surface area contributed by atoms with Crippen LogP contribution in [-0.2, 0) is 0 Å². The molecule has 0 heterocycles.